The second kappa shape index (κ2) is 6.68. The normalized spacial score (nSPS) is 10.9. The summed E-state index contributed by atoms with van der Waals surface area (Å²) in [7, 11) is 3.48. The second-order valence-corrected chi connectivity index (χ2v) is 6.70. The molecule has 0 aliphatic rings. The van der Waals surface area contributed by atoms with Crippen LogP contribution in [0.25, 0.3) is 28.0 Å². The molecule has 0 atom stereocenters. The minimum atomic E-state index is -0.0757. The largest absolute Gasteiger partial charge is 0.343 e. The van der Waals surface area contributed by atoms with E-state index in [0.717, 1.165) is 33.7 Å². The van der Waals surface area contributed by atoms with Crippen LogP contribution in [-0.4, -0.2) is 39.3 Å². The summed E-state index contributed by atoms with van der Waals surface area (Å²) in [6, 6.07) is 18.2. The van der Waals surface area contributed by atoms with Crippen molar-refractivity contribution in [3.8, 4) is 22.4 Å². The first kappa shape index (κ1) is 17.0. The number of amides is 1. The second-order valence-electron chi connectivity index (χ2n) is 6.70. The molecule has 3 heterocycles. The van der Waals surface area contributed by atoms with E-state index < -0.39 is 0 Å². The molecule has 0 aliphatic heterocycles. The van der Waals surface area contributed by atoms with Crippen molar-refractivity contribution >= 4 is 11.6 Å². The Morgan fingerprint density at radius 2 is 1.74 bits per heavy atom. The maximum Gasteiger partial charge on any atom is 0.271 e. The van der Waals surface area contributed by atoms with Crippen LogP contribution in [0.15, 0.2) is 67.0 Å². The lowest BCUT2D eigenvalue weighted by Crippen LogP contribution is -2.23. The number of benzene rings is 1. The summed E-state index contributed by atoms with van der Waals surface area (Å²) in [4.78, 5) is 23.0. The van der Waals surface area contributed by atoms with Gasteiger partial charge in [0.2, 0.25) is 0 Å². The molecule has 0 saturated carbocycles. The molecule has 0 radical (unpaired) electrons. The number of aryl methyl sites for hydroxylation is 1. The summed E-state index contributed by atoms with van der Waals surface area (Å²) >= 11 is 0. The molecule has 0 unspecified atom stereocenters. The van der Waals surface area contributed by atoms with E-state index in [0.29, 0.717) is 5.69 Å². The van der Waals surface area contributed by atoms with Crippen molar-refractivity contribution in [2.75, 3.05) is 14.1 Å². The van der Waals surface area contributed by atoms with Crippen LogP contribution < -0.4 is 0 Å². The number of fused-ring (bicyclic) bond motifs is 1. The lowest BCUT2D eigenvalue weighted by atomic mass is 9.98. The molecular weight excluding hydrogens is 336 g/mol. The Bertz CT molecular complexity index is 1140. The van der Waals surface area contributed by atoms with Crippen LogP contribution in [0.3, 0.4) is 0 Å². The zero-order valence-electron chi connectivity index (χ0n) is 15.5. The van der Waals surface area contributed by atoms with Crippen molar-refractivity contribution < 1.29 is 4.79 Å². The maximum atomic E-state index is 12.4. The minimum absolute atomic E-state index is 0.0757. The van der Waals surface area contributed by atoms with Crippen LogP contribution in [0.4, 0.5) is 0 Å². The Balaban J connectivity index is 1.89. The molecule has 3 aromatic heterocycles. The van der Waals surface area contributed by atoms with Gasteiger partial charge in [0.15, 0.2) is 0 Å². The number of rotatable bonds is 3. The Morgan fingerprint density at radius 3 is 2.48 bits per heavy atom. The Morgan fingerprint density at radius 1 is 0.963 bits per heavy atom. The first-order chi connectivity index (χ1) is 13.0. The van der Waals surface area contributed by atoms with Crippen molar-refractivity contribution in [2.24, 2.45) is 0 Å². The standard InChI is InChI=1S/C22H20N4O/c1-15-7-6-10-19(24-15)18-9-5-4-8-17(18)16-11-12-21-23-13-20(26(21)14-16)22(27)25(2)3/h4-14H,1-3H3. The smallest absolute Gasteiger partial charge is 0.271 e. The fourth-order valence-corrected chi connectivity index (χ4v) is 3.18. The molecule has 0 N–H and O–H groups in total. The predicted molar refractivity (Wildman–Crippen MR) is 107 cm³/mol. The van der Waals surface area contributed by atoms with Gasteiger partial charge in [-0.2, -0.15) is 0 Å². The van der Waals surface area contributed by atoms with Gasteiger partial charge in [0.1, 0.15) is 11.3 Å². The zero-order chi connectivity index (χ0) is 19.0. The molecule has 0 saturated heterocycles. The van der Waals surface area contributed by atoms with Gasteiger partial charge in [0.05, 0.1) is 11.9 Å². The van der Waals surface area contributed by atoms with Gasteiger partial charge < -0.3 is 4.90 Å². The first-order valence-electron chi connectivity index (χ1n) is 8.77. The molecule has 4 rings (SSSR count). The van der Waals surface area contributed by atoms with E-state index in [-0.39, 0.29) is 5.91 Å². The topological polar surface area (TPSA) is 50.5 Å². The number of carbonyl (C=O) groups is 1. The van der Waals surface area contributed by atoms with Crippen LogP contribution in [0.2, 0.25) is 0 Å². The molecule has 0 fully saturated rings. The van der Waals surface area contributed by atoms with Crippen molar-refractivity contribution in [3.05, 3.63) is 78.4 Å². The van der Waals surface area contributed by atoms with Gasteiger partial charge in [-0.25, -0.2) is 4.98 Å². The van der Waals surface area contributed by atoms with Gasteiger partial charge in [-0.15, -0.1) is 0 Å². The fraction of sp³-hybridized carbons (Fsp3) is 0.136. The van der Waals surface area contributed by atoms with E-state index in [1.54, 1.807) is 25.2 Å². The quantitative estimate of drug-likeness (QED) is 0.556. The van der Waals surface area contributed by atoms with Crippen LogP contribution in [0.5, 0.6) is 0 Å². The van der Waals surface area contributed by atoms with Crippen molar-refractivity contribution in [1.82, 2.24) is 19.3 Å². The van der Waals surface area contributed by atoms with E-state index in [2.05, 4.69) is 22.1 Å². The van der Waals surface area contributed by atoms with E-state index >= 15 is 0 Å². The van der Waals surface area contributed by atoms with Gasteiger partial charge in [0.25, 0.3) is 5.91 Å². The number of imidazole rings is 1. The lowest BCUT2D eigenvalue weighted by molar-refractivity contribution is 0.0821. The molecule has 0 bridgehead atoms. The third-order valence-electron chi connectivity index (χ3n) is 4.53. The van der Waals surface area contributed by atoms with Crippen LogP contribution in [0, 0.1) is 6.92 Å². The molecule has 0 aliphatic carbocycles. The highest BCUT2D eigenvalue weighted by Gasteiger charge is 2.15. The van der Waals surface area contributed by atoms with Crippen LogP contribution in [-0.2, 0) is 0 Å². The average Bonchev–Trinajstić information content (AvgIpc) is 3.10. The molecular formula is C22H20N4O. The summed E-state index contributed by atoms with van der Waals surface area (Å²) in [5, 5.41) is 0. The summed E-state index contributed by atoms with van der Waals surface area (Å²) in [5.74, 6) is -0.0757. The minimum Gasteiger partial charge on any atom is -0.343 e. The zero-order valence-corrected chi connectivity index (χ0v) is 15.5. The number of pyridine rings is 2. The monoisotopic (exact) mass is 356 g/mol. The molecule has 5 heteroatoms. The SMILES string of the molecule is Cc1cccc(-c2ccccc2-c2ccc3ncc(C(=O)N(C)C)n3c2)n1. The molecule has 4 aromatic rings. The third-order valence-corrected chi connectivity index (χ3v) is 4.53. The van der Waals surface area contributed by atoms with Crippen molar-refractivity contribution in [1.29, 1.82) is 0 Å². The summed E-state index contributed by atoms with van der Waals surface area (Å²) in [6.07, 6.45) is 3.59. The van der Waals surface area contributed by atoms with Gasteiger partial charge in [-0.3, -0.25) is 14.2 Å². The lowest BCUT2D eigenvalue weighted by Gasteiger charge is -2.12. The van der Waals surface area contributed by atoms with Gasteiger partial charge >= 0.3 is 0 Å². The number of hydrogen-bond acceptors (Lipinski definition) is 3. The average molecular weight is 356 g/mol. The number of nitrogens with zero attached hydrogens (tertiary/aromatic N) is 4. The third kappa shape index (κ3) is 3.08. The molecule has 0 spiro atoms. The summed E-state index contributed by atoms with van der Waals surface area (Å²) < 4.78 is 1.85. The maximum absolute atomic E-state index is 12.4. The molecule has 1 amide bonds. The van der Waals surface area contributed by atoms with Crippen LogP contribution in [0.1, 0.15) is 16.2 Å². The summed E-state index contributed by atoms with van der Waals surface area (Å²) in [5.41, 5.74) is 6.33. The predicted octanol–water partition coefficient (Wildman–Crippen LogP) is 4.07. The van der Waals surface area contributed by atoms with Crippen molar-refractivity contribution in [3.63, 3.8) is 0 Å². The molecule has 27 heavy (non-hydrogen) atoms. The van der Waals surface area contributed by atoms with E-state index in [1.807, 2.05) is 60.0 Å². The van der Waals surface area contributed by atoms with E-state index in [9.17, 15) is 4.79 Å². The Kier molecular flexibility index (Phi) is 4.20. The molecule has 1 aromatic carbocycles. The number of carbonyl (C=O) groups excluding carboxylic acids is 1. The highest BCUT2D eigenvalue weighted by molar-refractivity contribution is 5.93. The molecule has 134 valence electrons. The Labute approximate surface area is 157 Å². The first-order valence-corrected chi connectivity index (χ1v) is 8.77. The Hall–Kier alpha value is -3.47. The fourth-order valence-electron chi connectivity index (χ4n) is 3.18. The van der Waals surface area contributed by atoms with E-state index in [4.69, 9.17) is 0 Å². The number of hydrogen-bond donors (Lipinski definition) is 0. The number of aromatic nitrogens is 3. The van der Waals surface area contributed by atoms with Gasteiger partial charge in [-0.05, 0) is 42.3 Å². The van der Waals surface area contributed by atoms with E-state index in [1.165, 1.54) is 0 Å². The molecule has 5 nitrogen and oxygen atoms in total. The van der Waals surface area contributed by atoms with Crippen molar-refractivity contribution in [2.45, 2.75) is 6.92 Å². The summed E-state index contributed by atoms with van der Waals surface area (Å²) in [6.45, 7) is 1.99. The highest BCUT2D eigenvalue weighted by Crippen LogP contribution is 2.31. The highest BCUT2D eigenvalue weighted by atomic mass is 16.2. The van der Waals surface area contributed by atoms with Gasteiger partial charge in [0, 0.05) is 31.5 Å². The van der Waals surface area contributed by atoms with Crippen LogP contribution >= 0.6 is 0 Å². The van der Waals surface area contributed by atoms with Gasteiger partial charge in [-0.1, -0.05) is 30.3 Å².